The van der Waals surface area contributed by atoms with Crippen LogP contribution in [0.1, 0.15) is 57.6 Å². The van der Waals surface area contributed by atoms with Crippen LogP contribution in [0.5, 0.6) is 0 Å². The molecule has 3 heteroatoms. The molecule has 1 aromatic carbocycles. The quantitative estimate of drug-likeness (QED) is 0.730. The number of aliphatic hydroxyl groups excluding tert-OH is 1. The van der Waals surface area contributed by atoms with Crippen LogP contribution >= 0.6 is 15.9 Å². The van der Waals surface area contributed by atoms with Gasteiger partial charge in [0.15, 0.2) is 0 Å². The van der Waals surface area contributed by atoms with Crippen molar-refractivity contribution in [2.45, 2.75) is 52.1 Å². The molecule has 1 nitrogen and oxygen atoms in total. The van der Waals surface area contributed by atoms with Gasteiger partial charge >= 0.3 is 0 Å². The van der Waals surface area contributed by atoms with Gasteiger partial charge in [-0.3, -0.25) is 0 Å². The molecule has 1 N–H and O–H groups in total. The summed E-state index contributed by atoms with van der Waals surface area (Å²) in [5.74, 6) is 0.148. The Morgan fingerprint density at radius 3 is 2.67 bits per heavy atom. The third kappa shape index (κ3) is 4.69. The Morgan fingerprint density at radius 2 is 2.06 bits per heavy atom. The van der Waals surface area contributed by atoms with Crippen LogP contribution in [0.4, 0.5) is 4.39 Å². The van der Waals surface area contributed by atoms with E-state index in [1.165, 1.54) is 12.5 Å². The van der Waals surface area contributed by atoms with Crippen molar-refractivity contribution >= 4 is 15.9 Å². The van der Waals surface area contributed by atoms with Gasteiger partial charge in [-0.2, -0.15) is 0 Å². The summed E-state index contributed by atoms with van der Waals surface area (Å²) in [7, 11) is 0. The zero-order chi connectivity index (χ0) is 13.5. The molecular formula is C15H22BrFO. The third-order valence-corrected chi connectivity index (χ3v) is 3.91. The maximum absolute atomic E-state index is 13.6. The Labute approximate surface area is 118 Å². The van der Waals surface area contributed by atoms with Gasteiger partial charge in [0.25, 0.3) is 0 Å². The van der Waals surface area contributed by atoms with E-state index < -0.39 is 6.10 Å². The third-order valence-electron chi connectivity index (χ3n) is 3.42. The zero-order valence-electron chi connectivity index (χ0n) is 11.1. The highest BCUT2D eigenvalue weighted by Crippen LogP contribution is 2.29. The van der Waals surface area contributed by atoms with Crippen LogP contribution in [0.25, 0.3) is 0 Å². The van der Waals surface area contributed by atoms with Gasteiger partial charge in [-0.15, -0.1) is 0 Å². The molecule has 0 aromatic heterocycles. The molecule has 102 valence electrons. The molecule has 0 aliphatic carbocycles. The van der Waals surface area contributed by atoms with Gasteiger partial charge in [-0.25, -0.2) is 4.39 Å². The summed E-state index contributed by atoms with van der Waals surface area (Å²) in [6, 6.07) is 4.72. The minimum Gasteiger partial charge on any atom is -0.388 e. The lowest BCUT2D eigenvalue weighted by Gasteiger charge is -2.19. The molecule has 1 aromatic rings. The van der Waals surface area contributed by atoms with Crippen molar-refractivity contribution in [1.29, 1.82) is 0 Å². The van der Waals surface area contributed by atoms with Crippen LogP contribution in [-0.2, 0) is 0 Å². The lowest BCUT2D eigenvalue weighted by atomic mass is 9.90. The van der Waals surface area contributed by atoms with E-state index in [9.17, 15) is 9.50 Å². The largest absolute Gasteiger partial charge is 0.388 e. The highest BCUT2D eigenvalue weighted by molar-refractivity contribution is 9.10. The minimum absolute atomic E-state index is 0.323. The van der Waals surface area contributed by atoms with E-state index in [2.05, 4.69) is 29.8 Å². The van der Waals surface area contributed by atoms with E-state index in [1.54, 1.807) is 12.1 Å². The number of unbranched alkanes of at least 4 members (excludes halogenated alkanes) is 1. The first-order valence-corrected chi connectivity index (χ1v) is 7.50. The number of rotatable bonds is 7. The number of halogens is 2. The second kappa shape index (κ2) is 7.90. The highest BCUT2D eigenvalue weighted by Gasteiger charge is 2.17. The van der Waals surface area contributed by atoms with Crippen LogP contribution in [0, 0.1) is 11.7 Å². The molecular weight excluding hydrogens is 295 g/mol. The molecule has 0 heterocycles. The summed E-state index contributed by atoms with van der Waals surface area (Å²) in [4.78, 5) is 0. The molecule has 1 rings (SSSR count). The molecule has 0 saturated carbocycles. The van der Waals surface area contributed by atoms with Gasteiger partial charge in [-0.05, 0) is 30.5 Å². The number of benzene rings is 1. The molecule has 2 unspecified atom stereocenters. The monoisotopic (exact) mass is 316 g/mol. The average Bonchev–Trinajstić information content (AvgIpc) is 2.37. The van der Waals surface area contributed by atoms with Gasteiger partial charge in [0, 0.05) is 10.0 Å². The summed E-state index contributed by atoms with van der Waals surface area (Å²) < 4.78 is 14.5. The van der Waals surface area contributed by atoms with Crippen molar-refractivity contribution in [3.05, 3.63) is 34.1 Å². The van der Waals surface area contributed by atoms with E-state index in [4.69, 9.17) is 0 Å². The molecule has 0 saturated heterocycles. The van der Waals surface area contributed by atoms with E-state index in [0.717, 1.165) is 23.7 Å². The van der Waals surface area contributed by atoms with Crippen LogP contribution in [-0.4, -0.2) is 5.11 Å². The Bertz CT molecular complexity index is 368. The summed E-state index contributed by atoms with van der Waals surface area (Å²) >= 11 is 3.31. The zero-order valence-corrected chi connectivity index (χ0v) is 12.7. The number of hydrogen-bond acceptors (Lipinski definition) is 1. The van der Waals surface area contributed by atoms with E-state index in [0.29, 0.717) is 17.9 Å². The Balaban J connectivity index is 2.67. The van der Waals surface area contributed by atoms with Gasteiger partial charge in [0.1, 0.15) is 5.82 Å². The van der Waals surface area contributed by atoms with Gasteiger partial charge in [0.05, 0.1) is 6.10 Å². The SMILES string of the molecule is CCCCC(CC)CC(O)c1cc(Br)ccc1F. The van der Waals surface area contributed by atoms with Gasteiger partial charge in [-0.1, -0.05) is 55.5 Å². The minimum atomic E-state index is -0.704. The summed E-state index contributed by atoms with van der Waals surface area (Å²) in [6.07, 6.45) is 4.42. The predicted octanol–water partition coefficient (Wildman–Crippen LogP) is 5.23. The maximum Gasteiger partial charge on any atom is 0.129 e. The first-order valence-electron chi connectivity index (χ1n) is 6.71. The topological polar surface area (TPSA) is 20.2 Å². The van der Waals surface area contributed by atoms with Crippen LogP contribution in [0.2, 0.25) is 0 Å². The van der Waals surface area contributed by atoms with Crippen molar-refractivity contribution in [2.75, 3.05) is 0 Å². The van der Waals surface area contributed by atoms with Crippen LogP contribution in [0.3, 0.4) is 0 Å². The summed E-state index contributed by atoms with van der Waals surface area (Å²) in [5, 5.41) is 10.2. The van der Waals surface area contributed by atoms with E-state index >= 15 is 0 Å². The van der Waals surface area contributed by atoms with Crippen molar-refractivity contribution in [3.8, 4) is 0 Å². The second-order valence-corrected chi connectivity index (χ2v) is 5.75. The molecule has 0 aliphatic rings. The lowest BCUT2D eigenvalue weighted by molar-refractivity contribution is 0.135. The van der Waals surface area contributed by atoms with Gasteiger partial charge < -0.3 is 5.11 Å². The van der Waals surface area contributed by atoms with Crippen molar-refractivity contribution in [2.24, 2.45) is 5.92 Å². The summed E-state index contributed by atoms with van der Waals surface area (Å²) in [6.45, 7) is 4.29. The molecule has 0 fully saturated rings. The van der Waals surface area contributed by atoms with Crippen LogP contribution < -0.4 is 0 Å². The van der Waals surface area contributed by atoms with E-state index in [-0.39, 0.29) is 5.82 Å². The number of hydrogen-bond donors (Lipinski definition) is 1. The molecule has 0 aliphatic heterocycles. The fourth-order valence-electron chi connectivity index (χ4n) is 2.19. The van der Waals surface area contributed by atoms with E-state index in [1.807, 2.05) is 0 Å². The normalized spacial score (nSPS) is 14.5. The molecule has 0 spiro atoms. The molecule has 2 atom stereocenters. The average molecular weight is 317 g/mol. The Hall–Kier alpha value is -0.410. The molecule has 0 radical (unpaired) electrons. The van der Waals surface area contributed by atoms with Crippen molar-refractivity contribution in [3.63, 3.8) is 0 Å². The van der Waals surface area contributed by atoms with Gasteiger partial charge in [0.2, 0.25) is 0 Å². The fraction of sp³-hybridized carbons (Fsp3) is 0.600. The lowest BCUT2D eigenvalue weighted by Crippen LogP contribution is -2.08. The standard InChI is InChI=1S/C15H22BrFO/c1-3-5-6-11(4-2)9-15(18)13-10-12(16)7-8-14(13)17/h7-8,10-11,15,18H,3-6,9H2,1-2H3. The van der Waals surface area contributed by atoms with Crippen molar-refractivity contribution in [1.82, 2.24) is 0 Å². The Kier molecular flexibility index (Phi) is 6.87. The predicted molar refractivity (Wildman–Crippen MR) is 77.0 cm³/mol. The fourth-order valence-corrected chi connectivity index (χ4v) is 2.57. The molecule has 0 bridgehead atoms. The Morgan fingerprint density at radius 1 is 1.33 bits per heavy atom. The summed E-state index contributed by atoms with van der Waals surface area (Å²) in [5.41, 5.74) is 0.402. The maximum atomic E-state index is 13.6. The molecule has 18 heavy (non-hydrogen) atoms. The first kappa shape index (κ1) is 15.6. The first-order chi connectivity index (χ1) is 8.58. The number of aliphatic hydroxyl groups is 1. The van der Waals surface area contributed by atoms with Crippen LogP contribution in [0.15, 0.2) is 22.7 Å². The highest BCUT2D eigenvalue weighted by atomic mass is 79.9. The smallest absolute Gasteiger partial charge is 0.129 e. The second-order valence-electron chi connectivity index (χ2n) is 4.83. The van der Waals surface area contributed by atoms with Crippen molar-refractivity contribution < 1.29 is 9.50 Å². The molecule has 0 amide bonds.